The van der Waals surface area contributed by atoms with E-state index in [1.54, 1.807) is 6.20 Å². The van der Waals surface area contributed by atoms with Crippen LogP contribution in [-0.4, -0.2) is 45.5 Å². The molecule has 0 fully saturated rings. The second-order valence-electron chi connectivity index (χ2n) is 7.17. The molecular formula is C22H20ClN5O3. The van der Waals surface area contributed by atoms with Gasteiger partial charge in [-0.25, -0.2) is 4.98 Å². The lowest BCUT2D eigenvalue weighted by molar-refractivity contribution is 0.0954. The van der Waals surface area contributed by atoms with E-state index < -0.39 is 5.56 Å². The largest absolute Gasteiger partial charge is 0.486 e. The summed E-state index contributed by atoms with van der Waals surface area (Å²) in [6.07, 6.45) is 1.38. The van der Waals surface area contributed by atoms with Crippen LogP contribution >= 0.6 is 11.6 Å². The first kappa shape index (κ1) is 19.4. The predicted molar refractivity (Wildman–Crippen MR) is 119 cm³/mol. The smallest absolute Gasteiger partial charge is 0.295 e. The molecule has 1 aliphatic rings. The number of nitrogens with one attached hydrogen (secondary N) is 1. The zero-order valence-electron chi connectivity index (χ0n) is 16.8. The van der Waals surface area contributed by atoms with Gasteiger partial charge in [0.25, 0.3) is 5.56 Å². The highest BCUT2D eigenvalue weighted by molar-refractivity contribution is 6.33. The van der Waals surface area contributed by atoms with Crippen molar-refractivity contribution in [3.8, 4) is 17.4 Å². The van der Waals surface area contributed by atoms with Crippen LogP contribution in [-0.2, 0) is 0 Å². The summed E-state index contributed by atoms with van der Waals surface area (Å²) in [5, 5.41) is 4.39. The number of para-hydroxylation sites is 4. The van der Waals surface area contributed by atoms with E-state index in [2.05, 4.69) is 15.1 Å². The van der Waals surface area contributed by atoms with Crippen LogP contribution in [0.1, 0.15) is 6.92 Å². The van der Waals surface area contributed by atoms with Crippen LogP contribution < -0.4 is 19.9 Å². The Balaban J connectivity index is 1.41. The lowest BCUT2D eigenvalue weighted by atomic mass is 10.2. The Morgan fingerprint density at radius 2 is 1.97 bits per heavy atom. The molecule has 5 rings (SSSR count). The topological polar surface area (TPSA) is 85.3 Å². The number of ether oxygens (including phenoxy) is 2. The Kier molecular flexibility index (Phi) is 4.99. The summed E-state index contributed by atoms with van der Waals surface area (Å²) in [6.45, 7) is 3.52. The average molecular weight is 438 g/mol. The molecule has 0 saturated heterocycles. The normalized spacial score (nSPS) is 15.2. The van der Waals surface area contributed by atoms with Crippen LogP contribution in [0.5, 0.6) is 11.5 Å². The van der Waals surface area contributed by atoms with Gasteiger partial charge in [-0.3, -0.25) is 4.79 Å². The van der Waals surface area contributed by atoms with Crippen LogP contribution in [0, 0.1) is 0 Å². The van der Waals surface area contributed by atoms with Gasteiger partial charge < -0.3 is 19.4 Å². The predicted octanol–water partition coefficient (Wildman–Crippen LogP) is 3.43. The van der Waals surface area contributed by atoms with Crippen LogP contribution in [0.15, 0.2) is 59.5 Å². The van der Waals surface area contributed by atoms with Crippen molar-refractivity contribution in [2.45, 2.75) is 13.0 Å². The van der Waals surface area contributed by atoms with Crippen LogP contribution in [0.3, 0.4) is 0 Å². The molecular weight excluding hydrogens is 418 g/mol. The maximum absolute atomic E-state index is 13.0. The molecule has 0 radical (unpaired) electrons. The van der Waals surface area contributed by atoms with Crippen molar-refractivity contribution in [1.29, 1.82) is 0 Å². The minimum absolute atomic E-state index is 0.0782. The second kappa shape index (κ2) is 7.96. The van der Waals surface area contributed by atoms with Crippen molar-refractivity contribution in [2.75, 3.05) is 24.6 Å². The molecule has 1 N–H and O–H groups in total. The van der Waals surface area contributed by atoms with Gasteiger partial charge in [0.15, 0.2) is 17.6 Å². The molecule has 1 atom stereocenters. The summed E-state index contributed by atoms with van der Waals surface area (Å²) in [7, 11) is 0. The maximum Gasteiger partial charge on any atom is 0.295 e. The number of aromatic nitrogens is 4. The number of benzene rings is 2. The molecule has 0 saturated carbocycles. The molecule has 0 bridgehead atoms. The molecule has 3 heterocycles. The van der Waals surface area contributed by atoms with Gasteiger partial charge in [-0.15, -0.1) is 0 Å². The highest BCUT2D eigenvalue weighted by Gasteiger charge is 2.25. The van der Waals surface area contributed by atoms with Gasteiger partial charge in [0.05, 0.1) is 29.5 Å². The minimum Gasteiger partial charge on any atom is -0.486 e. The highest BCUT2D eigenvalue weighted by Crippen LogP contribution is 2.32. The molecule has 1 aliphatic heterocycles. The van der Waals surface area contributed by atoms with Gasteiger partial charge >= 0.3 is 0 Å². The van der Waals surface area contributed by atoms with Crippen molar-refractivity contribution in [2.24, 2.45) is 0 Å². The summed E-state index contributed by atoms with van der Waals surface area (Å²) in [5.41, 5.74) is 1.67. The van der Waals surface area contributed by atoms with Gasteiger partial charge in [-0.2, -0.15) is 9.78 Å². The van der Waals surface area contributed by atoms with Crippen LogP contribution in [0.2, 0.25) is 5.02 Å². The maximum atomic E-state index is 13.0. The van der Waals surface area contributed by atoms with Gasteiger partial charge in [0.1, 0.15) is 11.6 Å². The Labute approximate surface area is 183 Å². The lowest BCUT2D eigenvalue weighted by Gasteiger charge is -2.32. The molecule has 31 heavy (non-hydrogen) atoms. The van der Waals surface area contributed by atoms with E-state index in [-0.39, 0.29) is 11.1 Å². The Morgan fingerprint density at radius 3 is 2.77 bits per heavy atom. The molecule has 9 heteroatoms. The van der Waals surface area contributed by atoms with E-state index in [1.807, 2.05) is 60.4 Å². The van der Waals surface area contributed by atoms with E-state index >= 15 is 0 Å². The third-order valence-electron chi connectivity index (χ3n) is 5.19. The zero-order valence-corrected chi connectivity index (χ0v) is 17.5. The summed E-state index contributed by atoms with van der Waals surface area (Å²) in [5.74, 6) is 1.76. The number of fused-ring (bicyclic) bond motifs is 2. The zero-order chi connectivity index (χ0) is 21.4. The van der Waals surface area contributed by atoms with Gasteiger partial charge in [0.2, 0.25) is 5.95 Å². The third kappa shape index (κ3) is 3.59. The molecule has 1 unspecified atom stereocenters. The van der Waals surface area contributed by atoms with Gasteiger partial charge in [0, 0.05) is 6.54 Å². The van der Waals surface area contributed by atoms with Crippen LogP contribution in [0.25, 0.3) is 17.0 Å². The monoisotopic (exact) mass is 437 g/mol. The number of hydrogen-bond acceptors (Lipinski definition) is 6. The second-order valence-corrected chi connectivity index (χ2v) is 7.55. The first-order valence-electron chi connectivity index (χ1n) is 10.0. The number of aromatic amines is 1. The quantitative estimate of drug-likeness (QED) is 0.515. The molecule has 158 valence electrons. The van der Waals surface area contributed by atoms with Crippen LogP contribution in [0.4, 0.5) is 5.69 Å². The van der Waals surface area contributed by atoms with E-state index in [4.69, 9.17) is 21.1 Å². The minimum atomic E-state index is -0.442. The van der Waals surface area contributed by atoms with E-state index in [9.17, 15) is 4.79 Å². The third-order valence-corrected chi connectivity index (χ3v) is 5.55. The fraction of sp³-hybridized carbons (Fsp3) is 0.227. The number of halogens is 1. The van der Waals surface area contributed by atoms with Crippen molar-refractivity contribution in [3.05, 3.63) is 70.1 Å². The number of nitrogens with zero attached hydrogens (tertiary/aromatic N) is 4. The Hall–Kier alpha value is -3.52. The van der Waals surface area contributed by atoms with E-state index in [0.717, 1.165) is 16.8 Å². The summed E-state index contributed by atoms with van der Waals surface area (Å²) < 4.78 is 13.0. The number of hydrogen-bond donors (Lipinski definition) is 1. The Morgan fingerprint density at radius 1 is 1.19 bits per heavy atom. The fourth-order valence-corrected chi connectivity index (χ4v) is 3.88. The molecule has 8 nitrogen and oxygen atoms in total. The summed E-state index contributed by atoms with van der Waals surface area (Å²) in [6, 6.07) is 15.1. The van der Waals surface area contributed by atoms with Crippen molar-refractivity contribution >= 4 is 28.3 Å². The molecule has 0 spiro atoms. The molecule has 0 amide bonds. The van der Waals surface area contributed by atoms with Gasteiger partial charge in [-0.1, -0.05) is 35.9 Å². The van der Waals surface area contributed by atoms with E-state index in [1.165, 1.54) is 4.68 Å². The Bertz CT molecular complexity index is 1270. The van der Waals surface area contributed by atoms with Crippen molar-refractivity contribution < 1.29 is 9.47 Å². The number of rotatable bonds is 5. The lowest BCUT2D eigenvalue weighted by Crippen LogP contribution is -2.42. The van der Waals surface area contributed by atoms with E-state index in [0.29, 0.717) is 37.1 Å². The number of anilines is 1. The summed E-state index contributed by atoms with van der Waals surface area (Å²) in [4.78, 5) is 22.5. The average Bonchev–Trinajstić information content (AvgIpc) is 3.23. The summed E-state index contributed by atoms with van der Waals surface area (Å²) >= 11 is 6.49. The van der Waals surface area contributed by atoms with Gasteiger partial charge in [-0.05, 0) is 31.2 Å². The standard InChI is InChI=1S/C22H20ClN5O3/c1-2-27(12-14-13-30-18-9-5-6-10-19(18)31-14)17-11-24-28(21(29)20(17)23)22-25-15-7-3-4-8-16(15)26-22/h3-11,14H,2,12-13H2,1H3,(H,25,26). The first-order valence-corrected chi connectivity index (χ1v) is 10.4. The molecule has 4 aromatic rings. The number of likely N-dealkylation sites (N-methyl/N-ethyl adjacent to an activating group) is 1. The molecule has 0 aliphatic carbocycles. The number of imidazole rings is 1. The first-order chi connectivity index (χ1) is 15.1. The van der Waals surface area contributed by atoms with Crippen molar-refractivity contribution in [3.63, 3.8) is 0 Å². The highest BCUT2D eigenvalue weighted by atomic mass is 35.5. The number of H-pyrrole nitrogens is 1. The molecule has 2 aromatic heterocycles. The molecule has 2 aromatic carbocycles. The SMILES string of the molecule is CCN(CC1COc2ccccc2O1)c1cnn(-c2nc3ccccc3[nH]2)c(=O)c1Cl. The van der Waals surface area contributed by atoms with Crippen molar-refractivity contribution in [1.82, 2.24) is 19.7 Å². The fourth-order valence-electron chi connectivity index (χ4n) is 3.63.